The van der Waals surface area contributed by atoms with Crippen molar-refractivity contribution < 1.29 is 0 Å². The molecule has 0 aliphatic rings. The molecule has 0 radical (unpaired) electrons. The molecule has 0 unspecified atom stereocenters. The lowest BCUT2D eigenvalue weighted by Crippen LogP contribution is -2.00. The summed E-state index contributed by atoms with van der Waals surface area (Å²) < 4.78 is 0. The third kappa shape index (κ3) is 17.7. The molecule has 21 rings (SSSR count). The Morgan fingerprint density at radius 1 is 0.151 bits per heavy atom. The molecule has 21 aromatic rings. The minimum Gasteiger partial charge on any atom is -0.265 e. The van der Waals surface area contributed by atoms with E-state index in [2.05, 4.69) is 187 Å². The molecular weight excluding hydrogens is 1540 g/mol. The summed E-state index contributed by atoms with van der Waals surface area (Å²) in [6.45, 7) is 8.74. The number of nitrogens with zero attached hydrogens (tertiary/aromatic N) is 13. The van der Waals surface area contributed by atoms with Crippen molar-refractivity contribution in [3.63, 3.8) is 0 Å². The molecule has 598 valence electrons. The first-order valence-corrected chi connectivity index (χ1v) is 41.8. The molecule has 0 N–H and O–H groups in total. The van der Waals surface area contributed by atoms with E-state index in [1.807, 2.05) is 280 Å². The number of hydrogen-bond acceptors (Lipinski definition) is 13. The van der Waals surface area contributed by atoms with Crippen LogP contribution in [0.1, 0.15) is 22.3 Å². The smallest absolute Gasteiger partial charge is 0.165 e. The number of aromatic nitrogens is 13. The molecular formula is C113H81N13. The Morgan fingerprint density at radius 2 is 0.389 bits per heavy atom. The molecule has 0 amide bonds. The van der Waals surface area contributed by atoms with Crippen LogP contribution in [0.4, 0.5) is 0 Å². The third-order valence-corrected chi connectivity index (χ3v) is 22.1. The first-order valence-electron chi connectivity index (χ1n) is 41.8. The van der Waals surface area contributed by atoms with E-state index in [0.29, 0.717) is 40.8 Å². The van der Waals surface area contributed by atoms with E-state index in [1.54, 1.807) is 0 Å². The van der Waals surface area contributed by atoms with Gasteiger partial charge in [-0.05, 0) is 219 Å². The summed E-state index contributed by atoms with van der Waals surface area (Å²) in [6, 6.07) is 125. The Kier molecular flexibility index (Phi) is 22.8. The lowest BCUT2D eigenvalue weighted by molar-refractivity contribution is 1.07. The number of benzene rings is 13. The molecule has 8 heterocycles. The maximum atomic E-state index is 5.18. The lowest BCUT2D eigenvalue weighted by Gasteiger charge is -2.19. The van der Waals surface area contributed by atoms with Crippen LogP contribution in [0.15, 0.2) is 420 Å². The summed E-state index contributed by atoms with van der Waals surface area (Å²) in [5.41, 5.74) is 30.8. The number of aryl methyl sites for hydroxylation is 4. The van der Waals surface area contributed by atoms with Crippen LogP contribution in [0.25, 0.3) is 202 Å². The van der Waals surface area contributed by atoms with Gasteiger partial charge in [0.25, 0.3) is 0 Å². The monoisotopic (exact) mass is 1620 g/mol. The molecule has 13 nitrogen and oxygen atoms in total. The highest BCUT2D eigenvalue weighted by atomic mass is 15.0. The zero-order valence-corrected chi connectivity index (χ0v) is 69.7. The van der Waals surface area contributed by atoms with Gasteiger partial charge in [0.2, 0.25) is 0 Å². The maximum absolute atomic E-state index is 5.18. The second kappa shape index (κ2) is 36.3. The van der Waals surface area contributed by atoms with E-state index in [9.17, 15) is 0 Å². The Hall–Kier alpha value is -16.8. The van der Waals surface area contributed by atoms with Crippen LogP contribution in [-0.4, -0.2) is 64.8 Å². The van der Waals surface area contributed by atoms with Crippen molar-refractivity contribution in [2.24, 2.45) is 0 Å². The molecule has 126 heavy (non-hydrogen) atoms. The molecule has 8 aromatic heterocycles. The SMILES string of the molecule is Cc1cc(C)cc(-c2c3ccccc3c(-c3cc(C)cc(C)c3)c3ccccc23)c1.c1ccc(-c2nc(-c3cc(-c4ccncc4)cc(-c4ccncc4)c3)cc(-c3cc(-c4ccncc4)cc(-c4ccncc4)c3)n2)cc1.c1ccc(-c2nc(-c3ccccc3)nc(-c3ccc(-c4ccc(-c5nc(-c6ccccc6)nc(-c6ccccc6)n5)cn4)cc3)n2)cc1. The van der Waals surface area contributed by atoms with Gasteiger partial charge in [0.05, 0.1) is 17.1 Å². The fourth-order valence-electron chi connectivity index (χ4n) is 16.2. The zero-order chi connectivity index (χ0) is 85.1. The second-order valence-electron chi connectivity index (χ2n) is 31.0. The van der Waals surface area contributed by atoms with Gasteiger partial charge < -0.3 is 0 Å². The predicted octanol–water partition coefficient (Wildman–Crippen LogP) is 27.4. The first kappa shape index (κ1) is 79.0. The van der Waals surface area contributed by atoms with E-state index >= 15 is 0 Å². The van der Waals surface area contributed by atoms with E-state index in [-0.39, 0.29) is 0 Å². The molecule has 13 aromatic carbocycles. The Morgan fingerprint density at radius 3 is 0.667 bits per heavy atom. The van der Waals surface area contributed by atoms with E-state index in [1.165, 1.54) is 66.1 Å². The van der Waals surface area contributed by atoms with Crippen LogP contribution < -0.4 is 0 Å². The number of hydrogen-bond donors (Lipinski definition) is 0. The van der Waals surface area contributed by atoms with Crippen LogP contribution in [0, 0.1) is 27.7 Å². The fourth-order valence-corrected chi connectivity index (χ4v) is 16.2. The second-order valence-corrected chi connectivity index (χ2v) is 31.0. The summed E-state index contributed by atoms with van der Waals surface area (Å²) in [5.74, 6) is 4.32. The maximum Gasteiger partial charge on any atom is 0.165 e. The predicted molar refractivity (Wildman–Crippen MR) is 512 cm³/mol. The van der Waals surface area contributed by atoms with Gasteiger partial charge in [-0.3, -0.25) is 24.9 Å². The standard InChI is InChI=1S/C42H28N6.C41H27N7.C30H26/c1-2-4-33(5-3-1)42-47-40(38-24-34(29-6-14-43-15-7-29)22-35(25-38)30-8-16-44-17-9-30)28-41(48-42)39-26-36(31-10-18-45-19-11-31)23-37(27-39)32-12-20-46-21-13-32;1-5-13-29(14-6-1)36-43-37(30-15-7-2-8-16-30)46-40(45-36)33-23-21-28(22-24-33)35-26-25-34(27-42-35)41-47-38(31-17-9-3-10-18-31)44-39(48-41)32-19-11-4-12-20-32;1-19-13-20(2)16-23(15-19)29-25-9-5-7-11-27(25)30(28-12-8-6-10-26(28)29)24-17-21(3)14-22(4)18-24/h1-28H;1-27H;5-18H,1-4H3. The summed E-state index contributed by atoms with van der Waals surface area (Å²) in [4.78, 5) is 61.1. The number of rotatable bonds is 16. The van der Waals surface area contributed by atoms with Crippen molar-refractivity contribution in [2.75, 3.05) is 0 Å². The van der Waals surface area contributed by atoms with Crippen LogP contribution in [0.5, 0.6) is 0 Å². The lowest BCUT2D eigenvalue weighted by atomic mass is 9.85. The molecule has 0 spiro atoms. The van der Waals surface area contributed by atoms with Gasteiger partial charge in [0.15, 0.2) is 40.8 Å². The molecule has 0 atom stereocenters. The van der Waals surface area contributed by atoms with Gasteiger partial charge in [-0.2, -0.15) is 0 Å². The Labute approximate surface area is 731 Å². The molecule has 0 bridgehead atoms. The first-order chi connectivity index (χ1) is 62.0. The van der Waals surface area contributed by atoms with Gasteiger partial charge in [-0.1, -0.05) is 283 Å². The molecule has 0 fully saturated rings. The van der Waals surface area contributed by atoms with E-state index < -0.39 is 0 Å². The topological polar surface area (TPSA) is 168 Å². The molecule has 0 saturated carbocycles. The largest absolute Gasteiger partial charge is 0.265 e. The van der Waals surface area contributed by atoms with Crippen molar-refractivity contribution in [3.05, 3.63) is 442 Å². The normalized spacial score (nSPS) is 11.0. The van der Waals surface area contributed by atoms with Crippen molar-refractivity contribution in [3.8, 4) is 180 Å². The molecule has 0 aliphatic carbocycles. The Bertz CT molecular complexity index is 6680. The minimum atomic E-state index is 0.565. The van der Waals surface area contributed by atoms with Gasteiger partial charge in [-0.15, -0.1) is 0 Å². The van der Waals surface area contributed by atoms with Crippen LogP contribution >= 0.6 is 0 Å². The summed E-state index contributed by atoms with van der Waals surface area (Å²) in [7, 11) is 0. The average molecular weight is 1620 g/mol. The van der Waals surface area contributed by atoms with Crippen molar-refractivity contribution in [2.45, 2.75) is 27.7 Å². The highest BCUT2D eigenvalue weighted by molar-refractivity contribution is 6.21. The van der Waals surface area contributed by atoms with E-state index in [4.69, 9.17) is 44.9 Å². The van der Waals surface area contributed by atoms with Gasteiger partial charge >= 0.3 is 0 Å². The van der Waals surface area contributed by atoms with Gasteiger partial charge in [-0.25, -0.2) is 39.9 Å². The fraction of sp³-hybridized carbons (Fsp3) is 0.0354. The highest BCUT2D eigenvalue weighted by Crippen LogP contribution is 2.45. The van der Waals surface area contributed by atoms with E-state index in [0.717, 1.165) is 117 Å². The third-order valence-electron chi connectivity index (χ3n) is 22.1. The molecule has 13 heteroatoms. The van der Waals surface area contributed by atoms with Crippen LogP contribution in [-0.2, 0) is 0 Å². The summed E-state index contributed by atoms with van der Waals surface area (Å²) in [6.07, 6.45) is 16.4. The highest BCUT2D eigenvalue weighted by Gasteiger charge is 2.22. The van der Waals surface area contributed by atoms with Crippen molar-refractivity contribution in [1.29, 1.82) is 0 Å². The van der Waals surface area contributed by atoms with Crippen molar-refractivity contribution in [1.82, 2.24) is 64.8 Å². The van der Waals surface area contributed by atoms with Crippen molar-refractivity contribution >= 4 is 21.5 Å². The number of fused-ring (bicyclic) bond motifs is 2. The zero-order valence-electron chi connectivity index (χ0n) is 69.7. The van der Waals surface area contributed by atoms with Crippen LogP contribution in [0.2, 0.25) is 0 Å². The minimum absolute atomic E-state index is 0.565. The van der Waals surface area contributed by atoms with Gasteiger partial charge in [0, 0.05) is 111 Å². The van der Waals surface area contributed by atoms with Crippen LogP contribution in [0.3, 0.4) is 0 Å². The quantitative estimate of drug-likeness (QED) is 0.0839. The summed E-state index contributed by atoms with van der Waals surface area (Å²) in [5, 5.41) is 5.26. The van der Waals surface area contributed by atoms with Gasteiger partial charge in [0.1, 0.15) is 0 Å². The summed E-state index contributed by atoms with van der Waals surface area (Å²) >= 11 is 0. The number of pyridine rings is 5. The molecule has 0 saturated heterocycles. The average Bonchev–Trinajstić information content (AvgIpc) is 0.731. The Balaban J connectivity index is 0.000000127. The molecule has 0 aliphatic heterocycles.